The fourth-order valence-corrected chi connectivity index (χ4v) is 2.93. The number of amides is 1. The van der Waals surface area contributed by atoms with E-state index in [1.807, 2.05) is 18.2 Å². The monoisotopic (exact) mass is 321 g/mol. The van der Waals surface area contributed by atoms with Gasteiger partial charge in [-0.1, -0.05) is 0 Å². The number of aromatic amines is 1. The molecule has 1 unspecified atom stereocenters. The van der Waals surface area contributed by atoms with Gasteiger partial charge in [0.1, 0.15) is 17.6 Å². The minimum Gasteiger partial charge on any atom is -0.364 e. The molecule has 8 heteroatoms. The molecule has 2 N–H and O–H groups in total. The predicted octanol–water partition coefficient (Wildman–Crippen LogP) is 1.26. The van der Waals surface area contributed by atoms with E-state index in [1.54, 1.807) is 34.1 Å². The molecule has 0 aromatic carbocycles. The normalized spacial score (nSPS) is 17.1. The largest absolute Gasteiger partial charge is 0.364 e. The van der Waals surface area contributed by atoms with E-state index in [4.69, 9.17) is 5.26 Å². The molecule has 1 aliphatic rings. The number of fused-ring (bicyclic) bond motifs is 1. The lowest BCUT2D eigenvalue weighted by atomic mass is 10.2. The van der Waals surface area contributed by atoms with Crippen LogP contribution in [0.5, 0.6) is 0 Å². The summed E-state index contributed by atoms with van der Waals surface area (Å²) in [6.45, 7) is 1.28. The van der Waals surface area contributed by atoms with Crippen molar-refractivity contribution in [1.29, 1.82) is 5.26 Å². The van der Waals surface area contributed by atoms with Gasteiger partial charge in [-0.25, -0.2) is 9.50 Å². The number of H-pyrrole nitrogens is 1. The zero-order valence-electron chi connectivity index (χ0n) is 12.8. The number of imidazole rings is 1. The highest BCUT2D eigenvalue weighted by Gasteiger charge is 2.27. The number of anilines is 1. The molecule has 4 heterocycles. The van der Waals surface area contributed by atoms with Gasteiger partial charge in [0.2, 0.25) is 0 Å². The summed E-state index contributed by atoms with van der Waals surface area (Å²) >= 11 is 0. The van der Waals surface area contributed by atoms with Crippen molar-refractivity contribution >= 4 is 17.4 Å². The molecule has 1 atom stereocenters. The lowest BCUT2D eigenvalue weighted by Gasteiger charge is -2.16. The molecule has 24 heavy (non-hydrogen) atoms. The molecule has 1 amide bonds. The van der Waals surface area contributed by atoms with Crippen LogP contribution in [0.1, 0.15) is 22.5 Å². The maximum Gasteiger partial charge on any atom is 0.255 e. The molecule has 4 rings (SSSR count). The number of hydrogen-bond donors (Lipinski definition) is 2. The Morgan fingerprint density at radius 3 is 3.21 bits per heavy atom. The highest BCUT2D eigenvalue weighted by Crippen LogP contribution is 2.17. The average molecular weight is 321 g/mol. The molecule has 0 aliphatic carbocycles. The lowest BCUT2D eigenvalue weighted by Crippen LogP contribution is -2.31. The fraction of sp³-hybridized carbons (Fsp3) is 0.250. The molecule has 1 aliphatic heterocycles. The topological polar surface area (TPSA) is 102 Å². The Labute approximate surface area is 137 Å². The van der Waals surface area contributed by atoms with E-state index in [2.05, 4.69) is 20.4 Å². The highest BCUT2D eigenvalue weighted by atomic mass is 16.2. The number of rotatable bonds is 3. The first-order valence-electron chi connectivity index (χ1n) is 7.67. The fourth-order valence-electron chi connectivity index (χ4n) is 2.93. The number of hydrogen-bond acceptors (Lipinski definition) is 5. The van der Waals surface area contributed by atoms with Crippen LogP contribution in [0, 0.1) is 11.3 Å². The molecular weight excluding hydrogens is 306 g/mol. The van der Waals surface area contributed by atoms with E-state index in [9.17, 15) is 4.79 Å². The number of nitriles is 1. The lowest BCUT2D eigenvalue weighted by molar-refractivity contribution is 0.0792. The molecule has 1 fully saturated rings. The third kappa shape index (κ3) is 2.56. The molecule has 0 saturated carbocycles. The van der Waals surface area contributed by atoms with Crippen LogP contribution >= 0.6 is 0 Å². The third-order valence-electron chi connectivity index (χ3n) is 4.13. The predicted molar refractivity (Wildman–Crippen MR) is 86.4 cm³/mol. The van der Waals surface area contributed by atoms with Crippen molar-refractivity contribution < 1.29 is 4.79 Å². The SMILES string of the molecule is N#Cc1cc(C(=O)N2CCC(Nc3ccc4nccn4n3)C2)c[nH]1. The Hall–Kier alpha value is -3.34. The van der Waals surface area contributed by atoms with E-state index in [-0.39, 0.29) is 11.9 Å². The van der Waals surface area contributed by atoms with Gasteiger partial charge in [0.15, 0.2) is 5.65 Å². The maximum absolute atomic E-state index is 12.5. The van der Waals surface area contributed by atoms with Gasteiger partial charge in [0, 0.05) is 37.7 Å². The number of likely N-dealkylation sites (tertiary alicyclic amines) is 1. The van der Waals surface area contributed by atoms with E-state index >= 15 is 0 Å². The first kappa shape index (κ1) is 14.3. The second-order valence-electron chi connectivity index (χ2n) is 5.74. The van der Waals surface area contributed by atoms with Gasteiger partial charge in [-0.15, -0.1) is 5.10 Å². The van der Waals surface area contributed by atoms with Crippen LogP contribution in [0.15, 0.2) is 36.8 Å². The van der Waals surface area contributed by atoms with Gasteiger partial charge in [-0.05, 0) is 24.6 Å². The number of nitrogens with zero attached hydrogens (tertiary/aromatic N) is 5. The van der Waals surface area contributed by atoms with Crippen LogP contribution in [-0.2, 0) is 0 Å². The number of aromatic nitrogens is 4. The van der Waals surface area contributed by atoms with Crippen molar-refractivity contribution in [2.75, 3.05) is 18.4 Å². The summed E-state index contributed by atoms with van der Waals surface area (Å²) in [4.78, 5) is 21.2. The van der Waals surface area contributed by atoms with Gasteiger partial charge in [0.25, 0.3) is 5.91 Å². The molecule has 0 bridgehead atoms. The van der Waals surface area contributed by atoms with Gasteiger partial charge < -0.3 is 15.2 Å². The summed E-state index contributed by atoms with van der Waals surface area (Å²) in [5, 5.41) is 16.6. The highest BCUT2D eigenvalue weighted by molar-refractivity contribution is 5.94. The smallest absolute Gasteiger partial charge is 0.255 e. The van der Waals surface area contributed by atoms with Crippen LogP contribution < -0.4 is 5.32 Å². The van der Waals surface area contributed by atoms with Crippen molar-refractivity contribution in [2.24, 2.45) is 0 Å². The first-order valence-corrected chi connectivity index (χ1v) is 7.67. The minimum absolute atomic E-state index is 0.0601. The summed E-state index contributed by atoms with van der Waals surface area (Å²) in [6.07, 6.45) is 5.93. The summed E-state index contributed by atoms with van der Waals surface area (Å²) in [6, 6.07) is 7.51. The number of carbonyl (C=O) groups is 1. The summed E-state index contributed by atoms with van der Waals surface area (Å²) in [5.74, 6) is 0.697. The Kier molecular flexibility index (Phi) is 3.39. The van der Waals surface area contributed by atoms with E-state index in [0.29, 0.717) is 24.3 Å². The Balaban J connectivity index is 1.42. The Morgan fingerprint density at radius 2 is 2.38 bits per heavy atom. The zero-order valence-corrected chi connectivity index (χ0v) is 12.8. The molecule has 3 aromatic rings. The molecule has 0 spiro atoms. The van der Waals surface area contributed by atoms with Crippen molar-refractivity contribution in [3.8, 4) is 6.07 Å². The Morgan fingerprint density at radius 1 is 1.46 bits per heavy atom. The summed E-state index contributed by atoms with van der Waals surface area (Å²) < 4.78 is 1.71. The number of carbonyl (C=O) groups excluding carboxylic acids is 1. The third-order valence-corrected chi connectivity index (χ3v) is 4.13. The molecule has 1 saturated heterocycles. The standard InChI is InChI=1S/C16H15N7O/c17-8-13-7-11(9-19-13)16(24)22-5-3-12(10-22)20-14-1-2-15-18-4-6-23(15)21-14/h1-2,4,6-7,9,12,19H,3,5,10H2,(H,20,21). The van der Waals surface area contributed by atoms with E-state index in [0.717, 1.165) is 17.9 Å². The van der Waals surface area contributed by atoms with Gasteiger partial charge >= 0.3 is 0 Å². The summed E-state index contributed by atoms with van der Waals surface area (Å²) in [7, 11) is 0. The quantitative estimate of drug-likeness (QED) is 0.756. The molecule has 8 nitrogen and oxygen atoms in total. The van der Waals surface area contributed by atoms with Crippen molar-refractivity contribution in [3.05, 3.63) is 48.0 Å². The van der Waals surface area contributed by atoms with Crippen LogP contribution in [0.25, 0.3) is 5.65 Å². The molecule has 0 radical (unpaired) electrons. The maximum atomic E-state index is 12.5. The first-order chi connectivity index (χ1) is 11.7. The summed E-state index contributed by atoms with van der Waals surface area (Å²) in [5.41, 5.74) is 1.71. The van der Waals surface area contributed by atoms with E-state index in [1.165, 1.54) is 0 Å². The van der Waals surface area contributed by atoms with Crippen LogP contribution in [0.4, 0.5) is 5.82 Å². The van der Waals surface area contributed by atoms with Gasteiger partial charge in [0.05, 0.1) is 5.56 Å². The van der Waals surface area contributed by atoms with Gasteiger partial charge in [-0.2, -0.15) is 5.26 Å². The van der Waals surface area contributed by atoms with E-state index < -0.39 is 0 Å². The van der Waals surface area contributed by atoms with Crippen LogP contribution in [-0.4, -0.2) is 49.5 Å². The second-order valence-corrected chi connectivity index (χ2v) is 5.74. The average Bonchev–Trinajstić information content (AvgIpc) is 3.34. The second kappa shape index (κ2) is 5.70. The van der Waals surface area contributed by atoms with Gasteiger partial charge in [-0.3, -0.25) is 4.79 Å². The zero-order chi connectivity index (χ0) is 16.5. The molecule has 3 aromatic heterocycles. The minimum atomic E-state index is -0.0601. The van der Waals surface area contributed by atoms with Crippen molar-refractivity contribution in [3.63, 3.8) is 0 Å². The number of nitrogens with one attached hydrogen (secondary N) is 2. The van der Waals surface area contributed by atoms with Crippen molar-refractivity contribution in [1.82, 2.24) is 24.5 Å². The Bertz CT molecular complexity index is 935. The molecule has 120 valence electrons. The molecular formula is C16H15N7O. The van der Waals surface area contributed by atoms with Crippen LogP contribution in [0.2, 0.25) is 0 Å². The van der Waals surface area contributed by atoms with Crippen LogP contribution in [0.3, 0.4) is 0 Å². The van der Waals surface area contributed by atoms with Crippen molar-refractivity contribution in [2.45, 2.75) is 12.5 Å².